The van der Waals surface area contributed by atoms with Crippen molar-refractivity contribution < 1.29 is 22.8 Å². The van der Waals surface area contributed by atoms with Gasteiger partial charge in [-0.2, -0.15) is 0 Å². The monoisotopic (exact) mass is 485 g/mol. The van der Waals surface area contributed by atoms with Gasteiger partial charge in [0, 0.05) is 23.3 Å². The van der Waals surface area contributed by atoms with Crippen LogP contribution >= 0.6 is 0 Å². The smallest absolute Gasteiger partial charge is 0.261 e. The first-order valence-corrected chi connectivity index (χ1v) is 12.9. The van der Waals surface area contributed by atoms with Crippen LogP contribution in [0.15, 0.2) is 59.6 Å². The first-order chi connectivity index (χ1) is 16.1. The number of sulfonamides is 1. The van der Waals surface area contributed by atoms with E-state index in [0.717, 1.165) is 16.7 Å². The zero-order valence-corrected chi connectivity index (χ0v) is 22.5. The number of aromatic nitrogens is 1. The SMILES string of the molecule is CC.CC.CO[n+]1cccc(C(=O)c2cc(C)c(C)cc2NS(=O)(=O)c2ccc(C)cc2)c1C. The normalized spacial score (nSPS) is 10.3. The predicted molar refractivity (Wildman–Crippen MR) is 138 cm³/mol. The van der Waals surface area contributed by atoms with Gasteiger partial charge in [-0.05, 0) is 62.2 Å². The molecule has 0 saturated heterocycles. The Morgan fingerprint density at radius 1 is 0.853 bits per heavy atom. The molecule has 0 saturated carbocycles. The summed E-state index contributed by atoms with van der Waals surface area (Å²) < 4.78 is 30.0. The molecule has 0 bridgehead atoms. The highest BCUT2D eigenvalue weighted by Crippen LogP contribution is 2.27. The van der Waals surface area contributed by atoms with Crippen molar-refractivity contribution in [3.8, 4) is 0 Å². The minimum absolute atomic E-state index is 0.137. The van der Waals surface area contributed by atoms with E-state index < -0.39 is 10.0 Å². The van der Waals surface area contributed by atoms with E-state index in [4.69, 9.17) is 4.84 Å². The topological polar surface area (TPSA) is 76.3 Å². The van der Waals surface area contributed by atoms with Crippen molar-refractivity contribution in [3.05, 3.63) is 88.2 Å². The number of carbonyl (C=O) groups is 1. The molecule has 0 radical (unpaired) electrons. The molecule has 0 atom stereocenters. The number of pyridine rings is 1. The molecule has 0 aliphatic carbocycles. The van der Waals surface area contributed by atoms with Crippen molar-refractivity contribution in [2.24, 2.45) is 0 Å². The van der Waals surface area contributed by atoms with E-state index in [2.05, 4.69) is 4.72 Å². The van der Waals surface area contributed by atoms with E-state index in [1.165, 1.54) is 11.8 Å². The summed E-state index contributed by atoms with van der Waals surface area (Å²) >= 11 is 0. The molecular weight excluding hydrogens is 448 g/mol. The number of hydrogen-bond acceptors (Lipinski definition) is 4. The molecule has 34 heavy (non-hydrogen) atoms. The molecule has 0 amide bonds. The summed E-state index contributed by atoms with van der Waals surface area (Å²) in [4.78, 5) is 18.8. The lowest BCUT2D eigenvalue weighted by Crippen LogP contribution is -2.44. The largest absolute Gasteiger partial charge is 0.288 e. The van der Waals surface area contributed by atoms with Crippen molar-refractivity contribution in [1.82, 2.24) is 0 Å². The van der Waals surface area contributed by atoms with Crippen LogP contribution in [0.1, 0.15) is 66.0 Å². The molecule has 3 rings (SSSR count). The zero-order chi connectivity index (χ0) is 26.1. The van der Waals surface area contributed by atoms with Crippen LogP contribution in [0.25, 0.3) is 0 Å². The summed E-state index contributed by atoms with van der Waals surface area (Å²) in [6.07, 6.45) is 1.70. The Labute approximate surface area is 204 Å². The van der Waals surface area contributed by atoms with Crippen LogP contribution in [0.2, 0.25) is 0 Å². The third-order valence-electron chi connectivity index (χ3n) is 5.10. The van der Waals surface area contributed by atoms with Crippen LogP contribution in [0.3, 0.4) is 0 Å². The molecule has 1 aromatic heterocycles. The van der Waals surface area contributed by atoms with Crippen LogP contribution < -0.4 is 14.3 Å². The van der Waals surface area contributed by atoms with Crippen molar-refractivity contribution in [2.75, 3.05) is 11.8 Å². The molecule has 1 heterocycles. The second kappa shape index (κ2) is 12.9. The van der Waals surface area contributed by atoms with Crippen LogP contribution in [-0.2, 0) is 10.0 Å². The van der Waals surface area contributed by atoms with E-state index in [1.54, 1.807) is 61.7 Å². The average Bonchev–Trinajstić information content (AvgIpc) is 2.83. The van der Waals surface area contributed by atoms with E-state index in [1.807, 2.05) is 48.5 Å². The summed E-state index contributed by atoms with van der Waals surface area (Å²) in [6.45, 7) is 15.4. The summed E-state index contributed by atoms with van der Waals surface area (Å²) in [5.41, 5.74) is 4.31. The van der Waals surface area contributed by atoms with E-state index in [9.17, 15) is 13.2 Å². The van der Waals surface area contributed by atoms with Crippen LogP contribution in [0, 0.1) is 27.7 Å². The maximum absolute atomic E-state index is 13.4. The first kappa shape index (κ1) is 28.8. The third-order valence-corrected chi connectivity index (χ3v) is 6.48. The zero-order valence-electron chi connectivity index (χ0n) is 21.7. The summed E-state index contributed by atoms with van der Waals surface area (Å²) in [5.74, 6) is -0.288. The molecule has 0 aliphatic heterocycles. The van der Waals surface area contributed by atoms with Gasteiger partial charge in [-0.15, -0.1) is 0 Å². The highest BCUT2D eigenvalue weighted by atomic mass is 32.2. The average molecular weight is 486 g/mol. The Morgan fingerprint density at radius 3 is 1.97 bits per heavy atom. The number of hydrogen-bond donors (Lipinski definition) is 1. The van der Waals surface area contributed by atoms with Gasteiger partial charge in [0.05, 0.1) is 16.1 Å². The molecule has 0 unspecified atom stereocenters. The first-order valence-electron chi connectivity index (χ1n) is 11.4. The fourth-order valence-corrected chi connectivity index (χ4v) is 4.23. The third kappa shape index (κ3) is 6.67. The standard InChI is InChI=1S/C23H24N2O4S.2C2H6/c1-15-8-10-19(11-9-15)30(27,28)24-22-14-17(3)16(2)13-21(22)23(26)20-7-6-12-25(29-5)18(20)4;2*1-2/h6-14H,1-5H3;2*1-2H3/p+1. The molecule has 6 nitrogen and oxygen atoms in total. The molecular formula is C27H37N2O4S+. The Balaban J connectivity index is 0.00000137. The van der Waals surface area contributed by atoms with Gasteiger partial charge in [-0.25, -0.2) is 8.42 Å². The minimum atomic E-state index is -3.85. The van der Waals surface area contributed by atoms with Gasteiger partial charge >= 0.3 is 0 Å². The predicted octanol–water partition coefficient (Wildman–Crippen LogP) is 5.35. The lowest BCUT2D eigenvalue weighted by molar-refractivity contribution is -0.889. The molecule has 2 aromatic carbocycles. The van der Waals surface area contributed by atoms with Crippen molar-refractivity contribution in [1.29, 1.82) is 0 Å². The quantitative estimate of drug-likeness (QED) is 0.377. The van der Waals surface area contributed by atoms with E-state index in [0.29, 0.717) is 11.3 Å². The Bertz CT molecular complexity index is 1220. The van der Waals surface area contributed by atoms with Gasteiger partial charge in [-0.1, -0.05) is 45.4 Å². The maximum Gasteiger partial charge on any atom is 0.261 e. The summed E-state index contributed by atoms with van der Waals surface area (Å²) in [5, 5.41) is 0. The number of carbonyl (C=O) groups excluding carboxylic acids is 1. The maximum atomic E-state index is 13.4. The number of aryl methyl sites for hydroxylation is 3. The van der Waals surface area contributed by atoms with Crippen molar-refractivity contribution >= 4 is 21.5 Å². The van der Waals surface area contributed by atoms with Gasteiger partial charge in [0.15, 0.2) is 0 Å². The number of ketones is 1. The number of rotatable bonds is 6. The molecule has 7 heteroatoms. The second-order valence-corrected chi connectivity index (χ2v) is 8.93. The number of nitrogens with zero attached hydrogens (tertiary/aromatic N) is 1. The highest BCUT2D eigenvalue weighted by Gasteiger charge is 2.25. The van der Waals surface area contributed by atoms with Crippen LogP contribution in [0.5, 0.6) is 0 Å². The molecule has 0 fully saturated rings. The summed E-state index contributed by atoms with van der Waals surface area (Å²) in [7, 11) is -2.34. The number of nitrogens with one attached hydrogen (secondary N) is 1. The van der Waals surface area contributed by atoms with Crippen molar-refractivity contribution in [3.63, 3.8) is 0 Å². The van der Waals surface area contributed by atoms with E-state index >= 15 is 0 Å². The van der Waals surface area contributed by atoms with Gasteiger partial charge in [-0.3, -0.25) is 14.4 Å². The highest BCUT2D eigenvalue weighted by molar-refractivity contribution is 7.92. The summed E-state index contributed by atoms with van der Waals surface area (Å²) in [6, 6.07) is 13.4. The van der Waals surface area contributed by atoms with Crippen LogP contribution in [-0.4, -0.2) is 21.3 Å². The fourth-order valence-electron chi connectivity index (χ4n) is 3.16. The van der Waals surface area contributed by atoms with Gasteiger partial charge in [0.1, 0.15) is 7.11 Å². The lowest BCUT2D eigenvalue weighted by atomic mass is 9.97. The van der Waals surface area contributed by atoms with Gasteiger partial charge in [0.25, 0.3) is 10.0 Å². The molecule has 184 valence electrons. The Hall–Kier alpha value is -3.19. The Kier molecular flexibility index (Phi) is 10.9. The van der Waals surface area contributed by atoms with Crippen LogP contribution in [0.4, 0.5) is 5.69 Å². The van der Waals surface area contributed by atoms with E-state index in [-0.39, 0.29) is 21.9 Å². The molecule has 1 N–H and O–H groups in total. The van der Waals surface area contributed by atoms with Gasteiger partial charge in [0.2, 0.25) is 17.7 Å². The minimum Gasteiger partial charge on any atom is -0.288 e. The molecule has 0 aliphatic rings. The van der Waals surface area contributed by atoms with Gasteiger partial charge < -0.3 is 0 Å². The Morgan fingerprint density at radius 2 is 1.41 bits per heavy atom. The fraction of sp³-hybridized carbons (Fsp3) is 0.333. The number of benzene rings is 2. The molecule has 0 spiro atoms. The van der Waals surface area contributed by atoms with Crippen molar-refractivity contribution in [2.45, 2.75) is 60.3 Å². The number of anilines is 1. The second-order valence-electron chi connectivity index (χ2n) is 7.25. The lowest BCUT2D eigenvalue weighted by Gasteiger charge is -2.15. The molecule has 3 aromatic rings.